The number of hydrogen-bond acceptors (Lipinski definition) is 5. The maximum atomic E-state index is 13.7. The molecule has 8 heteroatoms. The molecule has 0 spiro atoms. The summed E-state index contributed by atoms with van der Waals surface area (Å²) in [6, 6.07) is 13.1. The molecule has 0 radical (unpaired) electrons. The van der Waals surface area contributed by atoms with Crippen LogP contribution in [-0.2, 0) is 13.0 Å². The van der Waals surface area contributed by atoms with E-state index in [1.165, 1.54) is 0 Å². The Morgan fingerprint density at radius 2 is 1.76 bits per heavy atom. The van der Waals surface area contributed by atoms with Gasteiger partial charge in [0.2, 0.25) is 0 Å². The smallest absolute Gasteiger partial charge is 0.253 e. The lowest BCUT2D eigenvalue weighted by Gasteiger charge is -2.37. The number of aromatic nitrogens is 3. The quantitative estimate of drug-likeness (QED) is 0.271. The van der Waals surface area contributed by atoms with Gasteiger partial charge < -0.3 is 19.8 Å². The third-order valence-corrected chi connectivity index (χ3v) is 8.40. The Hall–Kier alpha value is -3.91. The molecular formula is C34H44N6O2. The van der Waals surface area contributed by atoms with Crippen LogP contribution in [0.3, 0.4) is 0 Å². The van der Waals surface area contributed by atoms with Gasteiger partial charge in [0.25, 0.3) is 11.5 Å². The minimum absolute atomic E-state index is 0.139. The van der Waals surface area contributed by atoms with E-state index in [1.54, 1.807) is 0 Å². The lowest BCUT2D eigenvalue weighted by atomic mass is 10.00. The molecule has 2 N–H and O–H groups in total. The molecule has 0 unspecified atom stereocenters. The largest absolute Gasteiger partial charge is 0.354 e. The third-order valence-electron chi connectivity index (χ3n) is 8.40. The van der Waals surface area contributed by atoms with Gasteiger partial charge in [-0.3, -0.25) is 14.5 Å². The zero-order valence-corrected chi connectivity index (χ0v) is 25.8. The number of nitrogens with zero attached hydrogens (tertiary/aromatic N) is 4. The van der Waals surface area contributed by atoms with Crippen LogP contribution < -0.4 is 15.8 Å². The molecule has 0 aliphatic carbocycles. The molecule has 3 aromatic heterocycles. The van der Waals surface area contributed by atoms with E-state index < -0.39 is 0 Å². The molecule has 0 saturated carbocycles. The van der Waals surface area contributed by atoms with Gasteiger partial charge in [0.1, 0.15) is 5.82 Å². The highest BCUT2D eigenvalue weighted by atomic mass is 16.1. The van der Waals surface area contributed by atoms with Gasteiger partial charge in [0.05, 0.1) is 0 Å². The van der Waals surface area contributed by atoms with E-state index in [9.17, 15) is 9.59 Å². The molecule has 0 atom stereocenters. The molecule has 42 heavy (non-hydrogen) atoms. The lowest BCUT2D eigenvalue weighted by molar-refractivity contribution is 0.0952. The Labute approximate surface area is 248 Å². The number of anilines is 1. The van der Waals surface area contributed by atoms with Crippen molar-refractivity contribution in [3.63, 3.8) is 0 Å². The van der Waals surface area contributed by atoms with E-state index >= 15 is 0 Å². The zero-order valence-electron chi connectivity index (χ0n) is 25.8. The Balaban J connectivity index is 1.44. The molecule has 8 nitrogen and oxygen atoms in total. The van der Waals surface area contributed by atoms with Gasteiger partial charge in [0.15, 0.2) is 0 Å². The monoisotopic (exact) mass is 568 g/mol. The highest BCUT2D eigenvalue weighted by Crippen LogP contribution is 2.31. The first-order valence-corrected chi connectivity index (χ1v) is 15.3. The van der Waals surface area contributed by atoms with Crippen LogP contribution >= 0.6 is 0 Å². The molecule has 222 valence electrons. The number of fused-ring (bicyclic) bond motifs is 1. The normalized spacial score (nSPS) is 14.3. The molecule has 4 heterocycles. The fourth-order valence-corrected chi connectivity index (χ4v) is 6.01. The van der Waals surface area contributed by atoms with E-state index in [4.69, 9.17) is 4.98 Å². The number of H-pyrrole nitrogens is 1. The number of aryl methyl sites for hydroxylation is 2. The molecule has 1 saturated heterocycles. The van der Waals surface area contributed by atoms with Crippen LogP contribution in [0.25, 0.3) is 22.0 Å². The van der Waals surface area contributed by atoms with E-state index in [2.05, 4.69) is 77.5 Å². The number of nitrogens with one attached hydrogen (secondary N) is 2. The predicted octanol–water partition coefficient (Wildman–Crippen LogP) is 5.69. The number of carbonyl (C=O) groups excluding carboxylic acids is 1. The van der Waals surface area contributed by atoms with Crippen molar-refractivity contribution in [2.45, 2.75) is 73.0 Å². The number of amides is 1. The first-order chi connectivity index (χ1) is 20.2. The molecular weight excluding hydrogens is 524 g/mol. The second kappa shape index (κ2) is 12.5. The third kappa shape index (κ3) is 6.14. The summed E-state index contributed by atoms with van der Waals surface area (Å²) >= 11 is 0. The van der Waals surface area contributed by atoms with Crippen LogP contribution in [-0.4, -0.2) is 57.6 Å². The summed E-state index contributed by atoms with van der Waals surface area (Å²) in [5.41, 5.74) is 5.81. The average molecular weight is 569 g/mol. The van der Waals surface area contributed by atoms with E-state index in [-0.39, 0.29) is 24.1 Å². The summed E-state index contributed by atoms with van der Waals surface area (Å²) in [6.07, 6.45) is 5.68. The highest BCUT2D eigenvalue weighted by Gasteiger charge is 2.21. The van der Waals surface area contributed by atoms with Gasteiger partial charge in [-0.05, 0) is 88.6 Å². The number of benzene rings is 1. The highest BCUT2D eigenvalue weighted by molar-refractivity contribution is 6.08. The molecule has 0 bridgehead atoms. The Kier molecular flexibility index (Phi) is 8.82. The second-order valence-electron chi connectivity index (χ2n) is 12.0. The van der Waals surface area contributed by atoms with Gasteiger partial charge >= 0.3 is 0 Å². The lowest BCUT2D eigenvalue weighted by Crippen LogP contribution is -2.49. The summed E-state index contributed by atoms with van der Waals surface area (Å²) in [4.78, 5) is 39.1. The number of piperazine rings is 1. The van der Waals surface area contributed by atoms with Gasteiger partial charge in [-0.1, -0.05) is 13.3 Å². The van der Waals surface area contributed by atoms with Crippen molar-refractivity contribution in [2.24, 2.45) is 0 Å². The van der Waals surface area contributed by atoms with Crippen molar-refractivity contribution in [1.82, 2.24) is 24.8 Å². The first-order valence-electron chi connectivity index (χ1n) is 15.3. The first kappa shape index (κ1) is 29.6. The number of rotatable bonds is 9. The Morgan fingerprint density at radius 1 is 1.00 bits per heavy atom. The van der Waals surface area contributed by atoms with Crippen LogP contribution in [0.15, 0.2) is 53.6 Å². The maximum Gasteiger partial charge on any atom is 0.253 e. The van der Waals surface area contributed by atoms with Crippen LogP contribution in [0, 0.1) is 6.92 Å². The second-order valence-corrected chi connectivity index (χ2v) is 12.0. The number of pyridine rings is 2. The molecule has 1 aliphatic rings. The molecule has 4 aromatic rings. The SMILES string of the molecule is CCCc1cc(C)[nH]c(=O)c1CNC(=O)c1cc(-c2ccc(N3CCN(C(C)C)CC3)nc2)cc2c1ccn2C(C)C. The van der Waals surface area contributed by atoms with E-state index in [0.29, 0.717) is 17.2 Å². The van der Waals surface area contributed by atoms with Crippen LogP contribution in [0.5, 0.6) is 0 Å². The van der Waals surface area contributed by atoms with Crippen molar-refractivity contribution in [3.05, 3.63) is 81.5 Å². The topological polar surface area (TPSA) is 86.3 Å². The molecule has 1 amide bonds. The fourth-order valence-electron chi connectivity index (χ4n) is 6.01. The summed E-state index contributed by atoms with van der Waals surface area (Å²) in [5.74, 6) is 0.788. The van der Waals surface area contributed by atoms with Crippen LogP contribution in [0.1, 0.15) is 74.3 Å². The van der Waals surface area contributed by atoms with Crippen molar-refractivity contribution >= 4 is 22.6 Å². The van der Waals surface area contributed by atoms with Crippen molar-refractivity contribution in [2.75, 3.05) is 31.1 Å². The number of aromatic amines is 1. The predicted molar refractivity (Wildman–Crippen MR) is 171 cm³/mol. The summed E-state index contributed by atoms with van der Waals surface area (Å²) in [7, 11) is 0. The molecule has 1 fully saturated rings. The minimum atomic E-state index is -0.196. The summed E-state index contributed by atoms with van der Waals surface area (Å²) in [5, 5.41) is 3.95. The van der Waals surface area contributed by atoms with Gasteiger partial charge in [-0.2, -0.15) is 0 Å². The molecule has 5 rings (SSSR count). The van der Waals surface area contributed by atoms with Crippen molar-refractivity contribution < 1.29 is 4.79 Å². The van der Waals surface area contributed by atoms with Crippen molar-refractivity contribution in [3.8, 4) is 11.1 Å². The van der Waals surface area contributed by atoms with Crippen LogP contribution in [0.4, 0.5) is 5.82 Å². The van der Waals surface area contributed by atoms with E-state index in [1.807, 2.05) is 37.5 Å². The van der Waals surface area contributed by atoms with Gasteiger partial charge in [-0.25, -0.2) is 4.98 Å². The van der Waals surface area contributed by atoms with Crippen molar-refractivity contribution in [1.29, 1.82) is 0 Å². The minimum Gasteiger partial charge on any atom is -0.354 e. The van der Waals surface area contributed by atoms with E-state index in [0.717, 1.165) is 78.1 Å². The maximum absolute atomic E-state index is 13.7. The number of hydrogen-bond donors (Lipinski definition) is 2. The Bertz CT molecular complexity index is 1610. The summed E-state index contributed by atoms with van der Waals surface area (Å²) in [6.45, 7) is 16.9. The fraction of sp³-hybridized carbons (Fsp3) is 0.441. The Morgan fingerprint density at radius 3 is 2.40 bits per heavy atom. The summed E-state index contributed by atoms with van der Waals surface area (Å²) < 4.78 is 2.19. The van der Waals surface area contributed by atoms with Crippen LogP contribution in [0.2, 0.25) is 0 Å². The average Bonchev–Trinajstić information content (AvgIpc) is 3.41. The van der Waals surface area contributed by atoms with Gasteiger partial charge in [0, 0.05) is 90.5 Å². The molecule has 1 aliphatic heterocycles. The zero-order chi connectivity index (χ0) is 30.0. The standard InChI is InChI=1S/C34H44N6O2/c1-7-8-25-17-24(6)37-34(42)30(25)21-36-33(41)29-18-27(19-31-28(29)11-12-40(31)23(4)5)26-9-10-32(35-20-26)39-15-13-38(14-16-39)22(2)3/h9-12,17-20,22-23H,7-8,13-16,21H2,1-6H3,(H,36,41)(H,37,42). The molecule has 1 aromatic carbocycles. The van der Waals surface area contributed by atoms with Gasteiger partial charge in [-0.15, -0.1) is 0 Å². The number of carbonyl (C=O) groups is 1.